The van der Waals surface area contributed by atoms with Gasteiger partial charge in [-0.2, -0.15) is 0 Å². The number of hydrogen-bond acceptors (Lipinski definition) is 7. The quantitative estimate of drug-likeness (QED) is 0.340. The molecule has 3 aromatic heterocycles. The summed E-state index contributed by atoms with van der Waals surface area (Å²) in [5, 5.41) is 1.23. The van der Waals surface area contributed by atoms with Gasteiger partial charge in [0.1, 0.15) is 35.7 Å². The third-order valence-electron chi connectivity index (χ3n) is 6.42. The van der Waals surface area contributed by atoms with Gasteiger partial charge in [0, 0.05) is 31.0 Å². The molecule has 1 aromatic carbocycles. The molecule has 1 fully saturated rings. The third-order valence-corrected chi connectivity index (χ3v) is 6.72. The van der Waals surface area contributed by atoms with E-state index in [1.54, 1.807) is 11.1 Å². The van der Waals surface area contributed by atoms with Crippen LogP contribution in [0.4, 0.5) is 10.6 Å². The van der Waals surface area contributed by atoms with Crippen LogP contribution >= 0.6 is 11.6 Å². The molecule has 2 N–H and O–H groups in total. The molecular weight excluding hydrogens is 504 g/mol. The highest BCUT2D eigenvalue weighted by atomic mass is 35.5. The van der Waals surface area contributed by atoms with E-state index in [0.717, 1.165) is 40.7 Å². The van der Waals surface area contributed by atoms with Gasteiger partial charge in [-0.3, -0.25) is 4.98 Å². The standard InChI is InChI=1S/C28H31ClN6O3/c1-28(2,3)38-27(36)34-12-6-8-20(14-34)35-15-21(24-25(30)32-17-33-26(24)35)18-9-10-23(22(29)13-18)37-16-19-7-4-5-11-31-19/h4-5,7,9-11,13,15,17,20H,6,8,12,14,16H2,1-3H3,(H2,30,32,33). The second-order valence-electron chi connectivity index (χ2n) is 10.4. The maximum Gasteiger partial charge on any atom is 0.410 e. The largest absolute Gasteiger partial charge is 0.486 e. The van der Waals surface area contributed by atoms with Crippen molar-refractivity contribution in [3.63, 3.8) is 0 Å². The number of nitrogens with zero attached hydrogens (tertiary/aromatic N) is 5. The fourth-order valence-electron chi connectivity index (χ4n) is 4.70. The molecular formula is C28H31ClN6O3. The van der Waals surface area contributed by atoms with Crippen LogP contribution in [0.2, 0.25) is 5.02 Å². The first-order valence-corrected chi connectivity index (χ1v) is 13.0. The van der Waals surface area contributed by atoms with Gasteiger partial charge < -0.3 is 24.7 Å². The summed E-state index contributed by atoms with van der Waals surface area (Å²) < 4.78 is 13.6. The van der Waals surface area contributed by atoms with Gasteiger partial charge in [-0.05, 0) is 63.4 Å². The van der Waals surface area contributed by atoms with Crippen molar-refractivity contribution in [2.24, 2.45) is 0 Å². The molecule has 0 aliphatic carbocycles. The molecule has 1 unspecified atom stereocenters. The van der Waals surface area contributed by atoms with Crippen LogP contribution < -0.4 is 10.5 Å². The molecule has 1 atom stereocenters. The normalized spacial score (nSPS) is 16.0. The summed E-state index contributed by atoms with van der Waals surface area (Å²) in [6.45, 7) is 7.11. The van der Waals surface area contributed by atoms with Crippen molar-refractivity contribution < 1.29 is 14.3 Å². The molecule has 0 bridgehead atoms. The summed E-state index contributed by atoms with van der Waals surface area (Å²) in [5.74, 6) is 0.949. The summed E-state index contributed by atoms with van der Waals surface area (Å²) in [6, 6.07) is 11.3. The fourth-order valence-corrected chi connectivity index (χ4v) is 4.94. The molecule has 10 heteroatoms. The van der Waals surface area contributed by atoms with E-state index in [1.807, 2.05) is 63.4 Å². The Morgan fingerprint density at radius 2 is 2.03 bits per heavy atom. The van der Waals surface area contributed by atoms with Crippen molar-refractivity contribution in [3.05, 3.63) is 65.8 Å². The summed E-state index contributed by atoms with van der Waals surface area (Å²) in [7, 11) is 0. The number of amides is 1. The molecule has 1 saturated heterocycles. The second-order valence-corrected chi connectivity index (χ2v) is 10.8. The minimum Gasteiger partial charge on any atom is -0.486 e. The number of fused-ring (bicyclic) bond motifs is 1. The monoisotopic (exact) mass is 534 g/mol. The van der Waals surface area contributed by atoms with E-state index in [4.69, 9.17) is 26.8 Å². The van der Waals surface area contributed by atoms with Gasteiger partial charge in [0.15, 0.2) is 0 Å². The Morgan fingerprint density at radius 1 is 1.18 bits per heavy atom. The van der Waals surface area contributed by atoms with Gasteiger partial charge >= 0.3 is 6.09 Å². The third kappa shape index (κ3) is 5.52. The highest BCUT2D eigenvalue weighted by molar-refractivity contribution is 6.32. The summed E-state index contributed by atoms with van der Waals surface area (Å²) in [6.07, 6.45) is 6.67. The van der Waals surface area contributed by atoms with Crippen molar-refractivity contribution >= 4 is 34.5 Å². The summed E-state index contributed by atoms with van der Waals surface area (Å²) >= 11 is 6.63. The van der Waals surface area contributed by atoms with Crippen LogP contribution in [0.1, 0.15) is 45.3 Å². The SMILES string of the molecule is CC(C)(C)OC(=O)N1CCCC(n2cc(-c3ccc(OCc4ccccn4)c(Cl)c3)c3c(N)ncnc32)C1. The number of rotatable bonds is 5. The Balaban J connectivity index is 1.44. The number of halogens is 1. The number of carbonyl (C=O) groups is 1. The van der Waals surface area contributed by atoms with E-state index in [9.17, 15) is 4.79 Å². The highest BCUT2D eigenvalue weighted by Gasteiger charge is 2.30. The number of piperidine rings is 1. The van der Waals surface area contributed by atoms with Crippen molar-refractivity contribution in [3.8, 4) is 16.9 Å². The number of carbonyl (C=O) groups excluding carboxylic acids is 1. The predicted molar refractivity (Wildman–Crippen MR) is 147 cm³/mol. The number of hydrogen-bond donors (Lipinski definition) is 1. The molecule has 0 spiro atoms. The predicted octanol–water partition coefficient (Wildman–Crippen LogP) is 5.88. The second kappa shape index (κ2) is 10.5. The molecule has 0 saturated carbocycles. The Labute approximate surface area is 226 Å². The van der Waals surface area contributed by atoms with Gasteiger partial charge in [-0.1, -0.05) is 23.7 Å². The number of likely N-dealkylation sites (tertiary alicyclic amines) is 1. The smallest absolute Gasteiger partial charge is 0.410 e. The zero-order valence-corrected chi connectivity index (χ0v) is 22.5. The van der Waals surface area contributed by atoms with Gasteiger partial charge in [0.05, 0.1) is 22.1 Å². The van der Waals surface area contributed by atoms with Crippen molar-refractivity contribution in [1.82, 2.24) is 24.4 Å². The zero-order valence-electron chi connectivity index (χ0n) is 21.7. The number of benzene rings is 1. The van der Waals surface area contributed by atoms with E-state index in [1.165, 1.54) is 6.33 Å². The lowest BCUT2D eigenvalue weighted by molar-refractivity contribution is 0.0174. The van der Waals surface area contributed by atoms with Crippen molar-refractivity contribution in [2.45, 2.75) is 51.9 Å². The van der Waals surface area contributed by atoms with Crippen LogP contribution in [0, 0.1) is 0 Å². The summed E-state index contributed by atoms with van der Waals surface area (Å²) in [4.78, 5) is 27.6. The lowest BCUT2D eigenvalue weighted by atomic mass is 10.1. The summed E-state index contributed by atoms with van der Waals surface area (Å²) in [5.41, 5.74) is 9.06. The average Bonchev–Trinajstić information content (AvgIpc) is 3.29. The minimum atomic E-state index is -0.550. The maximum atomic E-state index is 12.8. The average molecular weight is 535 g/mol. The topological polar surface area (TPSA) is 108 Å². The number of nitrogens with two attached hydrogens (primary N) is 1. The molecule has 9 nitrogen and oxygen atoms in total. The number of pyridine rings is 1. The molecule has 38 heavy (non-hydrogen) atoms. The number of nitrogen functional groups attached to an aromatic ring is 1. The van der Waals surface area contributed by atoms with Crippen LogP contribution in [0.25, 0.3) is 22.2 Å². The van der Waals surface area contributed by atoms with Crippen molar-refractivity contribution in [1.29, 1.82) is 0 Å². The number of anilines is 1. The molecule has 1 amide bonds. The van der Waals surface area contributed by atoms with E-state index in [2.05, 4.69) is 19.5 Å². The van der Waals surface area contributed by atoms with Crippen LogP contribution in [-0.2, 0) is 11.3 Å². The maximum absolute atomic E-state index is 12.8. The lowest BCUT2D eigenvalue weighted by Crippen LogP contribution is -2.43. The van der Waals surface area contributed by atoms with E-state index in [0.29, 0.717) is 36.3 Å². The molecule has 4 heterocycles. The van der Waals surface area contributed by atoms with Crippen LogP contribution in [0.5, 0.6) is 5.75 Å². The lowest BCUT2D eigenvalue weighted by Gasteiger charge is -2.34. The van der Waals surface area contributed by atoms with Crippen LogP contribution in [0.3, 0.4) is 0 Å². The molecule has 1 aliphatic rings. The minimum absolute atomic E-state index is 0.0123. The van der Waals surface area contributed by atoms with E-state index < -0.39 is 5.60 Å². The molecule has 0 radical (unpaired) electrons. The van der Waals surface area contributed by atoms with Crippen LogP contribution in [-0.4, -0.2) is 49.2 Å². The van der Waals surface area contributed by atoms with Gasteiger partial charge in [0.25, 0.3) is 0 Å². The zero-order chi connectivity index (χ0) is 26.9. The Morgan fingerprint density at radius 3 is 2.76 bits per heavy atom. The first-order chi connectivity index (χ1) is 18.2. The first-order valence-electron chi connectivity index (χ1n) is 12.6. The Hall–Kier alpha value is -3.85. The van der Waals surface area contributed by atoms with Gasteiger partial charge in [-0.15, -0.1) is 0 Å². The van der Waals surface area contributed by atoms with Crippen molar-refractivity contribution in [2.75, 3.05) is 18.8 Å². The highest BCUT2D eigenvalue weighted by Crippen LogP contribution is 2.39. The van der Waals surface area contributed by atoms with Gasteiger partial charge in [0.2, 0.25) is 0 Å². The van der Waals surface area contributed by atoms with E-state index in [-0.39, 0.29) is 12.1 Å². The van der Waals surface area contributed by atoms with Crippen LogP contribution in [0.15, 0.2) is 55.1 Å². The number of aromatic nitrogens is 4. The first kappa shape index (κ1) is 25.8. The fraction of sp³-hybridized carbons (Fsp3) is 0.357. The molecule has 4 aromatic rings. The Bertz CT molecular complexity index is 1450. The molecule has 198 valence electrons. The Kier molecular flexibility index (Phi) is 7.12. The molecule has 1 aliphatic heterocycles. The number of ether oxygens (including phenoxy) is 2. The molecule has 5 rings (SSSR count). The van der Waals surface area contributed by atoms with E-state index >= 15 is 0 Å². The van der Waals surface area contributed by atoms with Gasteiger partial charge in [-0.25, -0.2) is 14.8 Å².